The molecule has 2 aromatic rings. The average Bonchev–Trinajstić information content (AvgIpc) is 2.58. The van der Waals surface area contributed by atoms with Gasteiger partial charge in [0.15, 0.2) is 0 Å². The van der Waals surface area contributed by atoms with Crippen LogP contribution >= 0.6 is 0 Å². The third-order valence-corrected chi connectivity index (χ3v) is 3.48. The first-order valence-electron chi connectivity index (χ1n) is 6.97. The summed E-state index contributed by atoms with van der Waals surface area (Å²) in [7, 11) is 1.56. The van der Waals surface area contributed by atoms with Gasteiger partial charge in [0.25, 0.3) is 0 Å². The molecule has 2 aromatic carbocycles. The minimum atomic E-state index is -1.48. The normalized spacial score (nSPS) is 12.8. The first-order chi connectivity index (χ1) is 10.7. The number of carbonyl (C=O) groups excluding carboxylic acids is 1. The number of nitrogens with zero attached hydrogens (tertiary/aromatic N) is 1. The molecule has 0 spiro atoms. The Morgan fingerprint density at radius 3 is 2.18 bits per heavy atom. The van der Waals surface area contributed by atoms with E-state index in [1.54, 1.807) is 62.6 Å². The van der Waals surface area contributed by atoms with Crippen molar-refractivity contribution < 1.29 is 14.3 Å². The summed E-state index contributed by atoms with van der Waals surface area (Å²) < 4.78 is 10.3. The standard InChI is InChI=1S/C18H17NO3/c1-3-22-17(20)18(13-19,14-7-5-4-6-8-14)15-9-11-16(21-2)12-10-15/h4-12H,3H2,1-2H3. The monoisotopic (exact) mass is 295 g/mol. The lowest BCUT2D eigenvalue weighted by molar-refractivity contribution is -0.146. The van der Waals surface area contributed by atoms with Gasteiger partial charge in [-0.1, -0.05) is 42.5 Å². The highest BCUT2D eigenvalue weighted by Gasteiger charge is 2.44. The van der Waals surface area contributed by atoms with E-state index in [1.165, 1.54) is 0 Å². The molecule has 0 N–H and O–H groups in total. The van der Waals surface area contributed by atoms with Crippen LogP contribution in [0.3, 0.4) is 0 Å². The molecule has 4 nitrogen and oxygen atoms in total. The smallest absolute Gasteiger partial charge is 0.335 e. The van der Waals surface area contributed by atoms with Crippen molar-refractivity contribution in [1.82, 2.24) is 0 Å². The third-order valence-electron chi connectivity index (χ3n) is 3.48. The van der Waals surface area contributed by atoms with Crippen LogP contribution in [-0.4, -0.2) is 19.7 Å². The predicted octanol–water partition coefficient (Wildman–Crippen LogP) is 3.07. The van der Waals surface area contributed by atoms with Crippen molar-refractivity contribution in [1.29, 1.82) is 5.26 Å². The number of carbonyl (C=O) groups is 1. The fourth-order valence-corrected chi connectivity index (χ4v) is 2.35. The van der Waals surface area contributed by atoms with Gasteiger partial charge >= 0.3 is 5.97 Å². The Hall–Kier alpha value is -2.80. The number of rotatable bonds is 5. The zero-order valence-corrected chi connectivity index (χ0v) is 12.6. The molecule has 0 radical (unpaired) electrons. The summed E-state index contributed by atoms with van der Waals surface area (Å²) in [5, 5.41) is 9.82. The average molecular weight is 295 g/mol. The molecule has 4 heteroatoms. The molecule has 0 amide bonds. The molecule has 1 atom stereocenters. The van der Waals surface area contributed by atoms with Gasteiger partial charge in [0.05, 0.1) is 19.8 Å². The second-order valence-electron chi connectivity index (χ2n) is 4.68. The van der Waals surface area contributed by atoms with Crippen LogP contribution in [0.1, 0.15) is 18.1 Å². The van der Waals surface area contributed by atoms with Gasteiger partial charge in [-0.05, 0) is 30.2 Å². The van der Waals surface area contributed by atoms with Gasteiger partial charge in [0.2, 0.25) is 5.41 Å². The van der Waals surface area contributed by atoms with E-state index in [0.717, 1.165) is 0 Å². The number of methoxy groups -OCH3 is 1. The summed E-state index contributed by atoms with van der Waals surface area (Å²) in [5.41, 5.74) is -0.342. The summed E-state index contributed by atoms with van der Waals surface area (Å²) in [6.45, 7) is 1.93. The first-order valence-corrected chi connectivity index (χ1v) is 6.97. The Kier molecular flexibility index (Phi) is 4.80. The lowest BCUT2D eigenvalue weighted by Crippen LogP contribution is -2.37. The van der Waals surface area contributed by atoms with Crippen LogP contribution in [-0.2, 0) is 14.9 Å². The van der Waals surface area contributed by atoms with Crippen molar-refractivity contribution in [2.24, 2.45) is 0 Å². The number of hydrogen-bond donors (Lipinski definition) is 0. The van der Waals surface area contributed by atoms with Gasteiger partial charge < -0.3 is 9.47 Å². The summed E-state index contributed by atoms with van der Waals surface area (Å²) in [6, 6.07) is 18.0. The highest BCUT2D eigenvalue weighted by molar-refractivity contribution is 5.91. The highest BCUT2D eigenvalue weighted by Crippen LogP contribution is 2.34. The SMILES string of the molecule is CCOC(=O)C(C#N)(c1ccccc1)c1ccc(OC)cc1. The molecule has 0 saturated carbocycles. The predicted molar refractivity (Wildman–Crippen MR) is 82.5 cm³/mol. The van der Waals surface area contributed by atoms with Crippen LogP contribution in [0.4, 0.5) is 0 Å². The number of nitriles is 1. The fourth-order valence-electron chi connectivity index (χ4n) is 2.35. The summed E-state index contributed by atoms with van der Waals surface area (Å²) in [6.07, 6.45) is 0. The molecule has 0 aliphatic carbocycles. The molecule has 0 aliphatic heterocycles. The van der Waals surface area contributed by atoms with Crippen LogP contribution in [0.25, 0.3) is 0 Å². The fraction of sp³-hybridized carbons (Fsp3) is 0.222. The van der Waals surface area contributed by atoms with E-state index in [1.807, 2.05) is 6.07 Å². The van der Waals surface area contributed by atoms with Gasteiger partial charge in [0.1, 0.15) is 5.75 Å². The molecule has 0 heterocycles. The minimum Gasteiger partial charge on any atom is -0.497 e. The topological polar surface area (TPSA) is 59.3 Å². The van der Waals surface area contributed by atoms with Crippen molar-refractivity contribution in [2.45, 2.75) is 12.3 Å². The van der Waals surface area contributed by atoms with E-state index in [0.29, 0.717) is 16.9 Å². The Bertz CT molecular complexity index is 674. The van der Waals surface area contributed by atoms with Crippen molar-refractivity contribution in [3.8, 4) is 11.8 Å². The second kappa shape index (κ2) is 6.77. The molecule has 0 saturated heterocycles. The van der Waals surface area contributed by atoms with E-state index in [9.17, 15) is 10.1 Å². The number of hydrogen-bond acceptors (Lipinski definition) is 4. The van der Waals surface area contributed by atoms with Gasteiger partial charge in [0, 0.05) is 0 Å². The van der Waals surface area contributed by atoms with E-state index in [2.05, 4.69) is 6.07 Å². The molecule has 2 rings (SSSR count). The van der Waals surface area contributed by atoms with Crippen LogP contribution in [0.15, 0.2) is 54.6 Å². The van der Waals surface area contributed by atoms with Crippen molar-refractivity contribution in [3.05, 3.63) is 65.7 Å². The molecule has 1 unspecified atom stereocenters. The Morgan fingerprint density at radius 2 is 1.68 bits per heavy atom. The van der Waals surface area contributed by atoms with E-state index >= 15 is 0 Å². The number of benzene rings is 2. The molecule has 112 valence electrons. The zero-order chi connectivity index (χ0) is 16.0. The molecular weight excluding hydrogens is 278 g/mol. The molecule has 0 aliphatic rings. The maximum absolute atomic E-state index is 12.6. The Balaban J connectivity index is 2.63. The van der Waals surface area contributed by atoms with E-state index in [4.69, 9.17) is 9.47 Å². The van der Waals surface area contributed by atoms with Gasteiger partial charge in [-0.25, -0.2) is 4.79 Å². The largest absolute Gasteiger partial charge is 0.497 e. The van der Waals surface area contributed by atoms with Crippen molar-refractivity contribution >= 4 is 5.97 Å². The van der Waals surface area contributed by atoms with Crippen LogP contribution < -0.4 is 4.74 Å². The summed E-state index contributed by atoms with van der Waals surface area (Å²) in [5.74, 6) is 0.0846. The lowest BCUT2D eigenvalue weighted by Gasteiger charge is -2.25. The quantitative estimate of drug-likeness (QED) is 0.795. The van der Waals surface area contributed by atoms with Crippen LogP contribution in [0.5, 0.6) is 5.75 Å². The maximum Gasteiger partial charge on any atom is 0.335 e. The third kappa shape index (κ3) is 2.66. The van der Waals surface area contributed by atoms with Crippen LogP contribution in [0, 0.1) is 11.3 Å². The molecule has 0 bridgehead atoms. The van der Waals surface area contributed by atoms with Gasteiger partial charge in [-0.2, -0.15) is 5.26 Å². The molecular formula is C18H17NO3. The number of ether oxygens (including phenoxy) is 2. The Morgan fingerprint density at radius 1 is 1.09 bits per heavy atom. The molecule has 0 aromatic heterocycles. The second-order valence-corrected chi connectivity index (χ2v) is 4.68. The van der Waals surface area contributed by atoms with Crippen LogP contribution in [0.2, 0.25) is 0 Å². The summed E-state index contributed by atoms with van der Waals surface area (Å²) >= 11 is 0. The zero-order valence-electron chi connectivity index (χ0n) is 12.6. The van der Waals surface area contributed by atoms with Crippen molar-refractivity contribution in [3.63, 3.8) is 0 Å². The Labute approximate surface area is 129 Å². The van der Waals surface area contributed by atoms with Gasteiger partial charge in [-0.15, -0.1) is 0 Å². The molecule has 0 fully saturated rings. The van der Waals surface area contributed by atoms with Gasteiger partial charge in [-0.3, -0.25) is 0 Å². The minimum absolute atomic E-state index is 0.214. The van der Waals surface area contributed by atoms with E-state index in [-0.39, 0.29) is 6.61 Å². The highest BCUT2D eigenvalue weighted by atomic mass is 16.5. The molecule has 22 heavy (non-hydrogen) atoms. The number of esters is 1. The first kappa shape index (κ1) is 15.6. The van der Waals surface area contributed by atoms with E-state index < -0.39 is 11.4 Å². The lowest BCUT2D eigenvalue weighted by atomic mass is 9.75. The summed E-state index contributed by atoms with van der Waals surface area (Å²) in [4.78, 5) is 12.6. The van der Waals surface area contributed by atoms with Crippen molar-refractivity contribution in [2.75, 3.05) is 13.7 Å². The maximum atomic E-state index is 12.6.